The summed E-state index contributed by atoms with van der Waals surface area (Å²) in [5.41, 5.74) is 5.69. The molecule has 4 rings (SSSR count). The van der Waals surface area contributed by atoms with Crippen molar-refractivity contribution in [1.29, 1.82) is 5.26 Å². The second kappa shape index (κ2) is 11.3. The Morgan fingerprint density at radius 3 is 2.54 bits per heavy atom. The average Bonchev–Trinajstić information content (AvgIpc) is 2.88. The van der Waals surface area contributed by atoms with Crippen molar-refractivity contribution in [3.05, 3.63) is 72.6 Å². The number of nitrogens with two attached hydrogens (primary N) is 1. The topological polar surface area (TPSA) is 100 Å². The molecule has 0 unspecified atom stereocenters. The molecule has 1 saturated heterocycles. The molecule has 3 aromatic rings. The summed E-state index contributed by atoms with van der Waals surface area (Å²) in [6.07, 6.45) is -1.68. The van der Waals surface area contributed by atoms with Gasteiger partial charge in [-0.2, -0.15) is 18.4 Å². The van der Waals surface area contributed by atoms with Crippen molar-refractivity contribution in [2.75, 3.05) is 37.2 Å². The van der Waals surface area contributed by atoms with Crippen LogP contribution < -0.4 is 15.8 Å². The Labute approximate surface area is 213 Å². The summed E-state index contributed by atoms with van der Waals surface area (Å²) in [4.78, 5) is 10.3. The lowest BCUT2D eigenvalue weighted by Crippen LogP contribution is -2.36. The maximum Gasteiger partial charge on any atom is 0.417 e. The molecule has 1 aliphatic heterocycles. The van der Waals surface area contributed by atoms with Gasteiger partial charge < -0.3 is 15.8 Å². The minimum atomic E-state index is -4.66. The van der Waals surface area contributed by atoms with E-state index in [0.29, 0.717) is 30.3 Å². The summed E-state index contributed by atoms with van der Waals surface area (Å²) in [7, 11) is 0. The molecule has 1 aliphatic rings. The molecule has 10 heteroatoms. The predicted molar refractivity (Wildman–Crippen MR) is 136 cm³/mol. The molecule has 0 saturated carbocycles. The Kier molecular flexibility index (Phi) is 7.94. The Balaban J connectivity index is 1.55. The van der Waals surface area contributed by atoms with Crippen LogP contribution in [0.1, 0.15) is 18.4 Å². The quantitative estimate of drug-likeness (QED) is 0.374. The molecule has 37 heavy (non-hydrogen) atoms. The zero-order chi connectivity index (χ0) is 26.4. The van der Waals surface area contributed by atoms with Crippen molar-refractivity contribution in [2.24, 2.45) is 5.92 Å². The van der Waals surface area contributed by atoms with Crippen LogP contribution in [0, 0.1) is 17.2 Å². The molecule has 3 N–H and O–H groups in total. The van der Waals surface area contributed by atoms with Crippen LogP contribution in [-0.2, 0) is 6.18 Å². The average molecular weight is 509 g/mol. The first kappa shape index (κ1) is 26.0. The number of nitrogen functional groups attached to an aromatic ring is 1. The van der Waals surface area contributed by atoms with Crippen molar-refractivity contribution in [3.8, 4) is 28.7 Å². The van der Waals surface area contributed by atoms with Gasteiger partial charge in [0.15, 0.2) is 0 Å². The zero-order valence-electron chi connectivity index (χ0n) is 20.1. The number of nitriles is 1. The standard InChI is InChI=1S/C27H27F3N6O/c1-18(14-31)16-36-11-9-19(10-12-36)15-33-26-24(25(32)34-17-35-26)22-8-7-21(13-23(22)27(28,29)30)37-20-5-3-2-4-6-20/h2-8,13,17,19H,1,9-12,15-16H2,(H3,32,33,34,35). The molecule has 0 amide bonds. The fraction of sp³-hybridized carbons (Fsp3) is 0.296. The van der Waals surface area contributed by atoms with Gasteiger partial charge in [0.1, 0.15) is 29.5 Å². The third kappa shape index (κ3) is 6.57. The third-order valence-corrected chi connectivity index (χ3v) is 6.26. The van der Waals surface area contributed by atoms with Crippen LogP contribution in [-0.4, -0.2) is 41.0 Å². The highest BCUT2D eigenvalue weighted by atomic mass is 19.4. The summed E-state index contributed by atoms with van der Waals surface area (Å²) in [5, 5.41) is 12.1. The first-order valence-electron chi connectivity index (χ1n) is 11.8. The fourth-order valence-electron chi connectivity index (χ4n) is 4.36. The number of anilines is 2. The lowest BCUT2D eigenvalue weighted by molar-refractivity contribution is -0.137. The second-order valence-corrected chi connectivity index (χ2v) is 8.92. The number of nitrogens with one attached hydrogen (secondary N) is 1. The maximum absolute atomic E-state index is 14.2. The Hall–Kier alpha value is -4.10. The van der Waals surface area contributed by atoms with Gasteiger partial charge in [0.2, 0.25) is 0 Å². The van der Waals surface area contributed by atoms with Gasteiger partial charge in [0.05, 0.1) is 17.2 Å². The molecule has 0 radical (unpaired) electrons. The maximum atomic E-state index is 14.2. The molecule has 2 aromatic carbocycles. The summed E-state index contributed by atoms with van der Waals surface area (Å²) >= 11 is 0. The lowest BCUT2D eigenvalue weighted by atomic mass is 9.96. The van der Waals surface area contributed by atoms with E-state index >= 15 is 0 Å². The van der Waals surface area contributed by atoms with Crippen LogP contribution >= 0.6 is 0 Å². The fourth-order valence-corrected chi connectivity index (χ4v) is 4.36. The first-order valence-corrected chi connectivity index (χ1v) is 11.8. The number of hydrogen-bond acceptors (Lipinski definition) is 7. The number of nitrogens with zero attached hydrogens (tertiary/aromatic N) is 4. The Morgan fingerprint density at radius 2 is 1.86 bits per heavy atom. The summed E-state index contributed by atoms with van der Waals surface area (Å²) in [6, 6.07) is 14.4. The number of para-hydroxylation sites is 1. The SMILES string of the molecule is C=C(C#N)CN1CCC(CNc2ncnc(N)c2-c2ccc(Oc3ccccc3)cc2C(F)(F)F)CC1. The highest BCUT2D eigenvalue weighted by Gasteiger charge is 2.36. The van der Waals surface area contributed by atoms with Crippen LogP contribution in [0.15, 0.2) is 67.0 Å². The first-order chi connectivity index (χ1) is 17.7. The molecule has 0 atom stereocenters. The van der Waals surface area contributed by atoms with Gasteiger partial charge >= 0.3 is 6.18 Å². The van der Waals surface area contributed by atoms with Crippen LogP contribution in [0.3, 0.4) is 0 Å². The van der Waals surface area contributed by atoms with E-state index in [0.717, 1.165) is 32.0 Å². The van der Waals surface area contributed by atoms with Gasteiger partial charge in [-0.15, -0.1) is 0 Å². The van der Waals surface area contributed by atoms with Gasteiger partial charge in [0.25, 0.3) is 0 Å². The highest BCUT2D eigenvalue weighted by molar-refractivity contribution is 5.86. The van der Waals surface area contributed by atoms with Crippen molar-refractivity contribution in [2.45, 2.75) is 19.0 Å². The van der Waals surface area contributed by atoms with Crippen molar-refractivity contribution < 1.29 is 17.9 Å². The van der Waals surface area contributed by atoms with Gasteiger partial charge in [-0.3, -0.25) is 4.90 Å². The van der Waals surface area contributed by atoms with Crippen LogP contribution in [0.2, 0.25) is 0 Å². The second-order valence-electron chi connectivity index (χ2n) is 8.92. The van der Waals surface area contributed by atoms with Crippen molar-refractivity contribution in [3.63, 3.8) is 0 Å². The van der Waals surface area contributed by atoms with E-state index in [1.807, 2.05) is 0 Å². The molecule has 2 heterocycles. The predicted octanol–water partition coefficient (Wildman–Crippen LogP) is 5.74. The number of hydrogen-bond donors (Lipinski definition) is 2. The van der Waals surface area contributed by atoms with Crippen LogP contribution in [0.25, 0.3) is 11.1 Å². The number of ether oxygens (including phenoxy) is 1. The number of benzene rings is 2. The number of likely N-dealkylation sites (tertiary alicyclic amines) is 1. The molecular weight excluding hydrogens is 481 g/mol. The summed E-state index contributed by atoms with van der Waals surface area (Å²) < 4.78 is 48.1. The van der Waals surface area contributed by atoms with Crippen molar-refractivity contribution >= 4 is 11.6 Å². The molecule has 0 bridgehead atoms. The number of rotatable bonds is 8. The number of alkyl halides is 3. The molecule has 192 valence electrons. The third-order valence-electron chi connectivity index (χ3n) is 6.26. The Bertz CT molecular complexity index is 1280. The molecular formula is C27H27F3N6O. The minimum Gasteiger partial charge on any atom is -0.457 e. The van der Waals surface area contributed by atoms with Gasteiger partial charge in [-0.25, -0.2) is 9.97 Å². The van der Waals surface area contributed by atoms with Crippen LogP contribution in [0.4, 0.5) is 24.8 Å². The Morgan fingerprint density at radius 1 is 1.14 bits per heavy atom. The number of aromatic nitrogens is 2. The van der Waals surface area contributed by atoms with E-state index in [2.05, 4.69) is 32.8 Å². The molecule has 1 aromatic heterocycles. The van der Waals surface area contributed by atoms with Gasteiger partial charge in [-0.1, -0.05) is 24.8 Å². The number of piperidine rings is 1. The zero-order valence-corrected chi connectivity index (χ0v) is 20.1. The number of halogens is 3. The van der Waals surface area contributed by atoms with E-state index in [-0.39, 0.29) is 28.5 Å². The molecule has 1 fully saturated rings. The van der Waals surface area contributed by atoms with Gasteiger partial charge in [-0.05, 0) is 62.2 Å². The lowest BCUT2D eigenvalue weighted by Gasteiger charge is -2.32. The van der Waals surface area contributed by atoms with Crippen molar-refractivity contribution in [1.82, 2.24) is 14.9 Å². The van der Waals surface area contributed by atoms with Crippen LogP contribution in [0.5, 0.6) is 11.5 Å². The smallest absolute Gasteiger partial charge is 0.417 e. The molecule has 0 aliphatic carbocycles. The highest BCUT2D eigenvalue weighted by Crippen LogP contribution is 2.43. The van der Waals surface area contributed by atoms with E-state index in [4.69, 9.17) is 15.7 Å². The van der Waals surface area contributed by atoms with E-state index < -0.39 is 11.7 Å². The van der Waals surface area contributed by atoms with E-state index in [9.17, 15) is 13.2 Å². The summed E-state index contributed by atoms with van der Waals surface area (Å²) in [5.74, 6) is 0.966. The normalized spacial score (nSPS) is 14.6. The molecule has 0 spiro atoms. The van der Waals surface area contributed by atoms with Gasteiger partial charge in [0, 0.05) is 24.2 Å². The summed E-state index contributed by atoms with van der Waals surface area (Å²) in [6.45, 7) is 6.43. The largest absolute Gasteiger partial charge is 0.457 e. The molecule has 7 nitrogen and oxygen atoms in total. The van der Waals surface area contributed by atoms with E-state index in [1.54, 1.807) is 30.3 Å². The van der Waals surface area contributed by atoms with E-state index in [1.165, 1.54) is 18.5 Å². The minimum absolute atomic E-state index is 0.0513. The monoisotopic (exact) mass is 508 g/mol.